The number of rotatable bonds is 9. The van der Waals surface area contributed by atoms with Gasteiger partial charge in [0.15, 0.2) is 5.78 Å². The second-order valence-electron chi connectivity index (χ2n) is 7.57. The Bertz CT molecular complexity index is 959. The largest absolute Gasteiger partial charge is 0.464 e. The highest BCUT2D eigenvalue weighted by atomic mass is 16.5. The van der Waals surface area contributed by atoms with E-state index >= 15 is 0 Å². The van der Waals surface area contributed by atoms with Crippen LogP contribution in [0.15, 0.2) is 24.3 Å². The Morgan fingerprint density at radius 2 is 1.68 bits per heavy atom. The highest BCUT2D eigenvalue weighted by molar-refractivity contribution is 6.07. The molecule has 31 heavy (non-hydrogen) atoms. The van der Waals surface area contributed by atoms with E-state index in [-0.39, 0.29) is 18.2 Å². The highest BCUT2D eigenvalue weighted by Gasteiger charge is 2.33. The van der Waals surface area contributed by atoms with Crippen LogP contribution in [-0.2, 0) is 16.0 Å². The van der Waals surface area contributed by atoms with Crippen LogP contribution in [0.2, 0.25) is 0 Å². The number of carbonyl (C=O) groups excluding carboxylic acids is 3. The van der Waals surface area contributed by atoms with Crippen LogP contribution in [-0.4, -0.2) is 60.5 Å². The van der Waals surface area contributed by atoms with Crippen molar-refractivity contribution in [2.24, 2.45) is 0 Å². The summed E-state index contributed by atoms with van der Waals surface area (Å²) >= 11 is 0. The Labute approximate surface area is 183 Å². The Hall–Kier alpha value is -2.93. The fourth-order valence-corrected chi connectivity index (χ4v) is 3.89. The molecule has 0 saturated heterocycles. The van der Waals surface area contributed by atoms with E-state index in [2.05, 4.69) is 0 Å². The van der Waals surface area contributed by atoms with Crippen molar-refractivity contribution < 1.29 is 23.9 Å². The van der Waals surface area contributed by atoms with Gasteiger partial charge in [-0.25, -0.2) is 4.79 Å². The zero-order valence-corrected chi connectivity index (χ0v) is 19.4. The lowest BCUT2D eigenvalue weighted by Gasteiger charge is -2.28. The molecule has 1 heterocycles. The van der Waals surface area contributed by atoms with E-state index in [4.69, 9.17) is 9.47 Å². The van der Waals surface area contributed by atoms with E-state index in [9.17, 15) is 14.4 Å². The minimum absolute atomic E-state index is 0.219. The molecule has 0 aliphatic rings. The first kappa shape index (κ1) is 24.3. The van der Waals surface area contributed by atoms with Crippen molar-refractivity contribution in [3.05, 3.63) is 57.9 Å². The highest BCUT2D eigenvalue weighted by Crippen LogP contribution is 2.26. The molecular formula is C24H32N2O5. The molecular weight excluding hydrogens is 396 g/mol. The minimum Gasteiger partial charge on any atom is -0.464 e. The Balaban J connectivity index is 2.48. The summed E-state index contributed by atoms with van der Waals surface area (Å²) in [5, 5.41) is 0. The van der Waals surface area contributed by atoms with Crippen molar-refractivity contribution >= 4 is 17.7 Å². The van der Waals surface area contributed by atoms with Crippen molar-refractivity contribution in [2.75, 3.05) is 27.4 Å². The summed E-state index contributed by atoms with van der Waals surface area (Å²) in [5.41, 5.74) is 3.63. The normalized spacial score (nSPS) is 11.8. The molecule has 1 aromatic carbocycles. The third kappa shape index (κ3) is 4.88. The van der Waals surface area contributed by atoms with E-state index < -0.39 is 12.0 Å². The van der Waals surface area contributed by atoms with Crippen LogP contribution in [0, 0.1) is 20.8 Å². The minimum atomic E-state index is -0.737. The van der Waals surface area contributed by atoms with Gasteiger partial charge in [-0.05, 0) is 52.3 Å². The molecule has 0 bridgehead atoms. The number of esters is 1. The number of aryl methyl sites for hydroxylation is 1. The standard InChI is InChI=1S/C24H32N2O5/c1-8-25-17(4)20(16(3)21(25)24(29)31-7)22(27)18(5)26(13-14-30-6)23(28)19-11-9-15(2)10-12-19/h9-12,18H,8,13-14H2,1-7H3. The first-order valence-corrected chi connectivity index (χ1v) is 10.4. The molecule has 0 N–H and O–H groups in total. The third-order valence-corrected chi connectivity index (χ3v) is 5.65. The lowest BCUT2D eigenvalue weighted by atomic mass is 9.99. The summed E-state index contributed by atoms with van der Waals surface area (Å²) < 4.78 is 11.9. The quantitative estimate of drug-likeness (QED) is 0.451. The maximum absolute atomic E-state index is 13.6. The fourth-order valence-electron chi connectivity index (χ4n) is 3.89. The van der Waals surface area contributed by atoms with E-state index in [1.807, 2.05) is 32.9 Å². The summed E-state index contributed by atoms with van der Waals surface area (Å²) in [6, 6.07) is 6.51. The number of nitrogens with zero attached hydrogens (tertiary/aromatic N) is 2. The first-order valence-electron chi connectivity index (χ1n) is 10.4. The zero-order valence-electron chi connectivity index (χ0n) is 19.4. The van der Waals surface area contributed by atoms with Gasteiger partial charge in [0.25, 0.3) is 5.91 Å². The van der Waals surface area contributed by atoms with Gasteiger partial charge < -0.3 is 18.9 Å². The Kier molecular flexibility index (Phi) is 8.16. The van der Waals surface area contributed by atoms with Crippen LogP contribution < -0.4 is 0 Å². The Morgan fingerprint density at radius 1 is 1.06 bits per heavy atom. The van der Waals surface area contributed by atoms with E-state index in [1.54, 1.807) is 37.7 Å². The first-order chi connectivity index (χ1) is 14.7. The van der Waals surface area contributed by atoms with Crippen molar-refractivity contribution in [1.82, 2.24) is 9.47 Å². The number of aromatic nitrogens is 1. The number of amides is 1. The number of ether oxygens (including phenoxy) is 2. The maximum Gasteiger partial charge on any atom is 0.354 e. The smallest absolute Gasteiger partial charge is 0.354 e. The maximum atomic E-state index is 13.6. The molecule has 0 spiro atoms. The van der Waals surface area contributed by atoms with Gasteiger partial charge >= 0.3 is 5.97 Å². The predicted molar refractivity (Wildman–Crippen MR) is 119 cm³/mol. The van der Waals surface area contributed by atoms with Gasteiger partial charge in [0.05, 0.1) is 19.8 Å². The molecule has 7 heteroatoms. The molecule has 0 radical (unpaired) electrons. The van der Waals surface area contributed by atoms with Gasteiger partial charge in [0.2, 0.25) is 0 Å². The van der Waals surface area contributed by atoms with Gasteiger partial charge in [-0.2, -0.15) is 0 Å². The van der Waals surface area contributed by atoms with Crippen LogP contribution in [0.4, 0.5) is 0 Å². The summed E-state index contributed by atoms with van der Waals surface area (Å²) in [4.78, 5) is 40.7. The summed E-state index contributed by atoms with van der Waals surface area (Å²) in [6.07, 6.45) is 0. The third-order valence-electron chi connectivity index (χ3n) is 5.65. The van der Waals surface area contributed by atoms with Crippen molar-refractivity contribution in [3.8, 4) is 0 Å². The average molecular weight is 429 g/mol. The van der Waals surface area contributed by atoms with Crippen LogP contribution in [0.25, 0.3) is 0 Å². The summed E-state index contributed by atoms with van der Waals surface area (Å²) in [7, 11) is 2.88. The number of ketones is 1. The van der Waals surface area contributed by atoms with E-state index in [0.29, 0.717) is 41.2 Å². The molecule has 0 saturated carbocycles. The molecule has 1 unspecified atom stereocenters. The van der Waals surface area contributed by atoms with Crippen LogP contribution in [0.1, 0.15) is 61.9 Å². The predicted octanol–water partition coefficient (Wildman–Crippen LogP) is 3.58. The zero-order chi connectivity index (χ0) is 23.3. The second kappa shape index (κ2) is 10.4. The number of hydrogen-bond donors (Lipinski definition) is 0. The summed E-state index contributed by atoms with van der Waals surface area (Å²) in [6.45, 7) is 10.2. The molecule has 0 aliphatic heterocycles. The summed E-state index contributed by atoms with van der Waals surface area (Å²) in [5.74, 6) is -0.943. The van der Waals surface area contributed by atoms with Crippen molar-refractivity contribution in [2.45, 2.75) is 47.2 Å². The molecule has 1 amide bonds. The molecule has 1 atom stereocenters. The molecule has 0 fully saturated rings. The number of methoxy groups -OCH3 is 2. The SMILES string of the molecule is CCn1c(C)c(C(=O)C(C)N(CCOC)C(=O)c2ccc(C)cc2)c(C)c1C(=O)OC. The van der Waals surface area contributed by atoms with E-state index in [0.717, 1.165) is 5.56 Å². The van der Waals surface area contributed by atoms with Crippen LogP contribution in [0.3, 0.4) is 0 Å². The molecule has 2 aromatic rings. The van der Waals surface area contributed by atoms with Crippen molar-refractivity contribution in [3.63, 3.8) is 0 Å². The molecule has 1 aromatic heterocycles. The lowest BCUT2D eigenvalue weighted by Crippen LogP contribution is -2.45. The molecule has 2 rings (SSSR count). The van der Waals surface area contributed by atoms with Crippen LogP contribution >= 0.6 is 0 Å². The van der Waals surface area contributed by atoms with Gasteiger partial charge in [0, 0.05) is 37.0 Å². The number of hydrogen-bond acceptors (Lipinski definition) is 5. The van der Waals surface area contributed by atoms with Gasteiger partial charge in [-0.1, -0.05) is 17.7 Å². The number of Topliss-reactive ketones (excluding diaryl/α,β-unsaturated/α-hetero) is 1. The lowest BCUT2D eigenvalue weighted by molar-refractivity contribution is 0.0563. The average Bonchev–Trinajstić information content (AvgIpc) is 3.02. The van der Waals surface area contributed by atoms with E-state index in [1.165, 1.54) is 12.0 Å². The van der Waals surface area contributed by atoms with Crippen LogP contribution in [0.5, 0.6) is 0 Å². The molecule has 168 valence electrons. The van der Waals surface area contributed by atoms with Gasteiger partial charge in [-0.15, -0.1) is 0 Å². The Morgan fingerprint density at radius 3 is 2.19 bits per heavy atom. The number of benzene rings is 1. The second-order valence-corrected chi connectivity index (χ2v) is 7.57. The molecule has 7 nitrogen and oxygen atoms in total. The number of carbonyl (C=O) groups is 3. The monoisotopic (exact) mass is 428 g/mol. The topological polar surface area (TPSA) is 77.8 Å². The van der Waals surface area contributed by atoms with Crippen molar-refractivity contribution in [1.29, 1.82) is 0 Å². The van der Waals surface area contributed by atoms with Gasteiger partial charge in [0.1, 0.15) is 5.69 Å². The molecule has 0 aliphatic carbocycles. The fraction of sp³-hybridized carbons (Fsp3) is 0.458. The van der Waals surface area contributed by atoms with Gasteiger partial charge in [-0.3, -0.25) is 9.59 Å².